The average molecular weight is 338 g/mol. The third-order valence-corrected chi connectivity index (χ3v) is 3.91. The number of hydrogen-bond donors (Lipinski definition) is 2. The summed E-state index contributed by atoms with van der Waals surface area (Å²) in [5, 5.41) is 6.69. The Balaban J connectivity index is 2.53. The summed E-state index contributed by atoms with van der Waals surface area (Å²) in [6, 6.07) is 0.364. The van der Waals surface area contributed by atoms with Crippen molar-refractivity contribution >= 4 is 11.9 Å². The van der Waals surface area contributed by atoms with E-state index in [1.165, 1.54) is 0 Å². The number of carbonyl (C=O) groups excluding carboxylic acids is 1. The first kappa shape index (κ1) is 20.5. The van der Waals surface area contributed by atoms with E-state index in [9.17, 15) is 4.79 Å². The van der Waals surface area contributed by atoms with Gasteiger partial charge in [-0.3, -0.25) is 4.79 Å². The number of rotatable bonds is 7. The standard InChI is InChI=1S/C18H34N4O2/c1-13(2)11-19-18(20-12-17(23)22(5)6)21-15-7-9-16(10-8-15)24-14(3)4/h14-16H,1,7-12H2,2-6H3,(H2,19,20,21). The van der Waals surface area contributed by atoms with Crippen molar-refractivity contribution in [2.75, 3.05) is 27.2 Å². The zero-order chi connectivity index (χ0) is 18.1. The van der Waals surface area contributed by atoms with E-state index in [2.05, 4.69) is 36.1 Å². The van der Waals surface area contributed by atoms with E-state index in [1.54, 1.807) is 19.0 Å². The van der Waals surface area contributed by atoms with Gasteiger partial charge in [0, 0.05) is 26.7 Å². The van der Waals surface area contributed by atoms with Crippen LogP contribution < -0.4 is 10.6 Å². The van der Waals surface area contributed by atoms with Gasteiger partial charge >= 0.3 is 0 Å². The Hall–Kier alpha value is -1.56. The molecule has 6 nitrogen and oxygen atoms in total. The van der Waals surface area contributed by atoms with Gasteiger partial charge in [0.15, 0.2) is 5.96 Å². The molecule has 0 aromatic carbocycles. The Kier molecular flexibility index (Phi) is 8.82. The van der Waals surface area contributed by atoms with E-state index in [-0.39, 0.29) is 18.6 Å². The number of carbonyl (C=O) groups is 1. The lowest BCUT2D eigenvalue weighted by molar-refractivity contribution is -0.127. The Morgan fingerprint density at radius 2 is 1.92 bits per heavy atom. The second-order valence-corrected chi connectivity index (χ2v) is 7.07. The SMILES string of the molecule is C=C(C)CNC(=NCC(=O)N(C)C)NC1CCC(OC(C)C)CC1. The van der Waals surface area contributed by atoms with Crippen molar-refractivity contribution in [2.45, 2.75) is 64.7 Å². The van der Waals surface area contributed by atoms with Gasteiger partial charge in [-0.25, -0.2) is 4.99 Å². The van der Waals surface area contributed by atoms with Gasteiger partial charge in [0.1, 0.15) is 6.54 Å². The molecule has 0 unspecified atom stereocenters. The first-order valence-electron chi connectivity index (χ1n) is 8.82. The van der Waals surface area contributed by atoms with Crippen molar-refractivity contribution in [3.8, 4) is 0 Å². The van der Waals surface area contributed by atoms with Crippen LogP contribution in [0, 0.1) is 0 Å². The predicted molar refractivity (Wildman–Crippen MR) is 99.2 cm³/mol. The normalized spacial score (nSPS) is 21.5. The summed E-state index contributed by atoms with van der Waals surface area (Å²) in [4.78, 5) is 17.7. The van der Waals surface area contributed by atoms with Crippen LogP contribution >= 0.6 is 0 Å². The molecule has 1 aliphatic carbocycles. The topological polar surface area (TPSA) is 66.0 Å². The number of hydrogen-bond acceptors (Lipinski definition) is 3. The first-order valence-corrected chi connectivity index (χ1v) is 8.82. The fourth-order valence-electron chi connectivity index (χ4n) is 2.60. The summed E-state index contributed by atoms with van der Waals surface area (Å²) in [6.07, 6.45) is 4.85. The first-order chi connectivity index (χ1) is 11.3. The minimum atomic E-state index is -0.0135. The van der Waals surface area contributed by atoms with E-state index >= 15 is 0 Å². The predicted octanol–water partition coefficient (Wildman–Crippen LogP) is 1.92. The average Bonchev–Trinajstić information content (AvgIpc) is 2.50. The molecular weight excluding hydrogens is 304 g/mol. The molecule has 1 fully saturated rings. The maximum absolute atomic E-state index is 11.8. The molecule has 0 aromatic rings. The van der Waals surface area contributed by atoms with E-state index < -0.39 is 0 Å². The number of nitrogens with zero attached hydrogens (tertiary/aromatic N) is 2. The second kappa shape index (κ2) is 10.3. The third-order valence-electron chi connectivity index (χ3n) is 3.91. The minimum absolute atomic E-state index is 0.0135. The van der Waals surface area contributed by atoms with E-state index in [4.69, 9.17) is 4.74 Å². The van der Waals surface area contributed by atoms with Crippen molar-refractivity contribution < 1.29 is 9.53 Å². The monoisotopic (exact) mass is 338 g/mol. The highest BCUT2D eigenvalue weighted by molar-refractivity contribution is 5.85. The zero-order valence-corrected chi connectivity index (χ0v) is 15.9. The molecule has 138 valence electrons. The molecule has 0 aromatic heterocycles. The Morgan fingerprint density at radius 3 is 2.42 bits per heavy atom. The molecule has 1 amide bonds. The van der Waals surface area contributed by atoms with Gasteiger partial charge < -0.3 is 20.3 Å². The van der Waals surface area contributed by atoms with E-state index in [0.29, 0.717) is 24.7 Å². The third kappa shape index (κ3) is 8.34. The van der Waals surface area contributed by atoms with Gasteiger partial charge in [-0.15, -0.1) is 0 Å². The van der Waals surface area contributed by atoms with Crippen molar-refractivity contribution in [1.82, 2.24) is 15.5 Å². The molecule has 0 spiro atoms. The summed E-state index contributed by atoms with van der Waals surface area (Å²) in [5.74, 6) is 0.668. The molecule has 1 rings (SSSR count). The van der Waals surface area contributed by atoms with Gasteiger partial charge in [-0.1, -0.05) is 12.2 Å². The number of ether oxygens (including phenoxy) is 1. The molecule has 0 heterocycles. The minimum Gasteiger partial charge on any atom is -0.376 e. The van der Waals surface area contributed by atoms with Crippen LogP contribution in [0.4, 0.5) is 0 Å². The highest BCUT2D eigenvalue weighted by atomic mass is 16.5. The Bertz CT molecular complexity index is 438. The number of guanidine groups is 1. The lowest BCUT2D eigenvalue weighted by atomic mass is 9.93. The maximum atomic E-state index is 11.8. The van der Waals surface area contributed by atoms with Crippen LogP contribution in [-0.4, -0.2) is 62.2 Å². The highest BCUT2D eigenvalue weighted by Crippen LogP contribution is 2.22. The lowest BCUT2D eigenvalue weighted by Crippen LogP contribution is -2.46. The molecule has 0 aliphatic heterocycles. The van der Waals surface area contributed by atoms with Gasteiger partial charge in [0.05, 0.1) is 12.2 Å². The molecule has 1 aliphatic rings. The molecule has 6 heteroatoms. The molecule has 24 heavy (non-hydrogen) atoms. The van der Waals surface area contributed by atoms with Crippen molar-refractivity contribution in [1.29, 1.82) is 0 Å². The summed E-state index contributed by atoms with van der Waals surface area (Å²) in [7, 11) is 3.48. The van der Waals surface area contributed by atoms with Crippen LogP contribution in [0.25, 0.3) is 0 Å². The number of nitrogens with one attached hydrogen (secondary N) is 2. The van der Waals surface area contributed by atoms with Crippen LogP contribution in [0.2, 0.25) is 0 Å². The van der Waals surface area contributed by atoms with E-state index in [1.807, 2.05) is 6.92 Å². The van der Waals surface area contributed by atoms with Crippen molar-refractivity contribution in [3.63, 3.8) is 0 Å². The fraction of sp³-hybridized carbons (Fsp3) is 0.778. The number of amides is 1. The summed E-state index contributed by atoms with van der Waals surface area (Å²) in [6.45, 7) is 10.8. The molecule has 1 saturated carbocycles. The van der Waals surface area contributed by atoms with Gasteiger partial charge in [-0.2, -0.15) is 0 Å². The molecule has 0 bridgehead atoms. The van der Waals surface area contributed by atoms with E-state index in [0.717, 1.165) is 31.3 Å². The van der Waals surface area contributed by atoms with Gasteiger partial charge in [0.25, 0.3) is 0 Å². The summed E-state index contributed by atoms with van der Waals surface area (Å²) in [5.41, 5.74) is 1.03. The summed E-state index contributed by atoms with van der Waals surface area (Å²) < 4.78 is 5.89. The molecular formula is C18H34N4O2. The molecule has 0 radical (unpaired) electrons. The number of aliphatic imine (C=N–C) groups is 1. The second-order valence-electron chi connectivity index (χ2n) is 7.07. The van der Waals surface area contributed by atoms with Crippen LogP contribution in [0.5, 0.6) is 0 Å². The smallest absolute Gasteiger partial charge is 0.243 e. The fourth-order valence-corrected chi connectivity index (χ4v) is 2.60. The van der Waals surface area contributed by atoms with Crippen LogP contribution in [0.3, 0.4) is 0 Å². The zero-order valence-electron chi connectivity index (χ0n) is 15.9. The van der Waals surface area contributed by atoms with Gasteiger partial charge in [-0.05, 0) is 46.5 Å². The quantitative estimate of drug-likeness (QED) is 0.423. The van der Waals surface area contributed by atoms with Crippen LogP contribution in [0.15, 0.2) is 17.1 Å². The summed E-state index contributed by atoms with van der Waals surface area (Å²) >= 11 is 0. The van der Waals surface area contributed by atoms with Crippen LogP contribution in [0.1, 0.15) is 46.5 Å². The van der Waals surface area contributed by atoms with Crippen LogP contribution in [-0.2, 0) is 9.53 Å². The molecule has 0 atom stereocenters. The molecule has 0 saturated heterocycles. The Morgan fingerprint density at radius 1 is 1.29 bits per heavy atom. The molecule has 2 N–H and O–H groups in total. The lowest BCUT2D eigenvalue weighted by Gasteiger charge is -2.31. The highest BCUT2D eigenvalue weighted by Gasteiger charge is 2.23. The largest absolute Gasteiger partial charge is 0.376 e. The number of likely N-dealkylation sites (N-methyl/N-ethyl adjacent to an activating group) is 1. The van der Waals surface area contributed by atoms with Crippen molar-refractivity contribution in [3.05, 3.63) is 12.2 Å². The van der Waals surface area contributed by atoms with Gasteiger partial charge in [0.2, 0.25) is 5.91 Å². The van der Waals surface area contributed by atoms with Crippen molar-refractivity contribution in [2.24, 2.45) is 4.99 Å². The maximum Gasteiger partial charge on any atom is 0.243 e. The Labute approximate surface area is 146 Å².